The van der Waals surface area contributed by atoms with Gasteiger partial charge in [0.2, 0.25) is 0 Å². The number of rotatable bonds is 4. The molecule has 0 aliphatic carbocycles. The van der Waals surface area contributed by atoms with Gasteiger partial charge in [-0.15, -0.1) is 11.3 Å². The van der Waals surface area contributed by atoms with E-state index in [1.807, 2.05) is 11.3 Å². The lowest BCUT2D eigenvalue weighted by Crippen LogP contribution is -2.09. The lowest BCUT2D eigenvalue weighted by Gasteiger charge is -2.25. The highest BCUT2D eigenvalue weighted by atomic mass is 32.1. The molecule has 0 amide bonds. The third-order valence-electron chi connectivity index (χ3n) is 7.55. The van der Waals surface area contributed by atoms with Crippen LogP contribution in [-0.2, 0) is 0 Å². The number of thiophene rings is 1. The third kappa shape index (κ3) is 3.55. The van der Waals surface area contributed by atoms with Crippen LogP contribution in [0.5, 0.6) is 0 Å². The number of nitrogens with zero attached hydrogens (tertiary/aromatic N) is 2. The number of aromatic nitrogens is 1. The molecule has 3 heteroatoms. The van der Waals surface area contributed by atoms with Crippen molar-refractivity contribution in [3.8, 4) is 5.69 Å². The van der Waals surface area contributed by atoms with Crippen LogP contribution in [0.3, 0.4) is 0 Å². The Balaban J connectivity index is 1.46. The van der Waals surface area contributed by atoms with Gasteiger partial charge < -0.3 is 9.47 Å². The van der Waals surface area contributed by atoms with Crippen molar-refractivity contribution in [1.29, 1.82) is 0 Å². The summed E-state index contributed by atoms with van der Waals surface area (Å²) in [6, 6.07) is 52.4. The molecule has 0 radical (unpaired) electrons. The van der Waals surface area contributed by atoms with Crippen molar-refractivity contribution in [2.45, 2.75) is 0 Å². The second-order valence-electron chi connectivity index (χ2n) is 9.84. The molecular formula is C36H24N2S. The summed E-state index contributed by atoms with van der Waals surface area (Å²) in [6.07, 6.45) is 0. The first kappa shape index (κ1) is 22.2. The molecule has 0 saturated heterocycles. The monoisotopic (exact) mass is 516 g/mol. The topological polar surface area (TPSA) is 8.17 Å². The van der Waals surface area contributed by atoms with E-state index in [1.165, 1.54) is 47.7 Å². The zero-order chi connectivity index (χ0) is 25.8. The van der Waals surface area contributed by atoms with Gasteiger partial charge in [-0.1, -0.05) is 72.8 Å². The van der Waals surface area contributed by atoms with E-state index in [9.17, 15) is 0 Å². The van der Waals surface area contributed by atoms with Crippen LogP contribution >= 0.6 is 11.3 Å². The fourth-order valence-electron chi connectivity index (χ4n) is 5.82. The highest BCUT2D eigenvalue weighted by Crippen LogP contribution is 2.43. The molecule has 0 fully saturated rings. The van der Waals surface area contributed by atoms with Crippen molar-refractivity contribution in [2.75, 3.05) is 4.90 Å². The van der Waals surface area contributed by atoms with Gasteiger partial charge in [0.25, 0.3) is 0 Å². The lowest BCUT2D eigenvalue weighted by atomic mass is 10.1. The van der Waals surface area contributed by atoms with Crippen molar-refractivity contribution in [3.63, 3.8) is 0 Å². The predicted molar refractivity (Wildman–Crippen MR) is 168 cm³/mol. The molecule has 0 saturated carbocycles. The quantitative estimate of drug-likeness (QED) is 0.226. The Morgan fingerprint density at radius 2 is 1.03 bits per heavy atom. The fraction of sp³-hybridized carbons (Fsp3) is 0. The smallest absolute Gasteiger partial charge is 0.0555 e. The Morgan fingerprint density at radius 1 is 0.410 bits per heavy atom. The maximum atomic E-state index is 2.41. The normalized spacial score (nSPS) is 11.6. The lowest BCUT2D eigenvalue weighted by molar-refractivity contribution is 1.18. The van der Waals surface area contributed by atoms with E-state index in [4.69, 9.17) is 0 Å². The van der Waals surface area contributed by atoms with E-state index >= 15 is 0 Å². The molecule has 2 heterocycles. The summed E-state index contributed by atoms with van der Waals surface area (Å²) in [4.78, 5) is 2.34. The molecule has 0 spiro atoms. The van der Waals surface area contributed by atoms with E-state index in [1.54, 1.807) is 0 Å². The van der Waals surface area contributed by atoms with Crippen molar-refractivity contribution in [3.05, 3.63) is 146 Å². The number of hydrogen-bond donors (Lipinski definition) is 0. The molecule has 0 unspecified atom stereocenters. The second kappa shape index (κ2) is 8.87. The van der Waals surface area contributed by atoms with Crippen molar-refractivity contribution < 1.29 is 0 Å². The molecule has 8 rings (SSSR count). The van der Waals surface area contributed by atoms with E-state index in [2.05, 4.69) is 155 Å². The van der Waals surface area contributed by atoms with E-state index in [0.717, 1.165) is 17.1 Å². The average molecular weight is 517 g/mol. The van der Waals surface area contributed by atoms with E-state index in [-0.39, 0.29) is 0 Å². The van der Waals surface area contributed by atoms with Crippen molar-refractivity contribution in [1.82, 2.24) is 4.57 Å². The Bertz CT molecular complexity index is 2070. The number of anilines is 3. The first-order valence-electron chi connectivity index (χ1n) is 13.2. The molecule has 2 nitrogen and oxygen atoms in total. The van der Waals surface area contributed by atoms with Crippen molar-refractivity contribution in [2.24, 2.45) is 0 Å². The number of fused-ring (bicyclic) bond motifs is 6. The van der Waals surface area contributed by atoms with Crippen LogP contribution in [0, 0.1) is 0 Å². The first-order valence-corrected chi connectivity index (χ1v) is 14.0. The number of para-hydroxylation sites is 3. The van der Waals surface area contributed by atoms with Gasteiger partial charge in [-0.2, -0.15) is 0 Å². The zero-order valence-electron chi connectivity index (χ0n) is 21.2. The summed E-state index contributed by atoms with van der Waals surface area (Å²) < 4.78 is 5.06. The number of hydrogen-bond acceptors (Lipinski definition) is 2. The standard InChI is InChI=1S/C36H24N2S/c1-4-12-25(13-5-1)37(26-14-6-2-7-15-26)28-20-21-33-30(22-28)31-23-32-29-18-10-11-19-35(29)39-36(32)24-34(31)38(33)27-16-8-3-9-17-27/h1-24H. The minimum atomic E-state index is 1.14. The molecule has 0 atom stereocenters. The Hall–Kier alpha value is -4.86. The second-order valence-corrected chi connectivity index (χ2v) is 10.9. The SMILES string of the molecule is c1ccc(N(c2ccccc2)c2ccc3c(c2)c2cc4c(cc2n3-c2ccccc2)sc2ccccc24)cc1. The van der Waals surface area contributed by atoms with Gasteiger partial charge >= 0.3 is 0 Å². The van der Waals surface area contributed by atoms with Gasteiger partial charge in [0.15, 0.2) is 0 Å². The van der Waals surface area contributed by atoms with Gasteiger partial charge in [-0.25, -0.2) is 0 Å². The zero-order valence-corrected chi connectivity index (χ0v) is 22.0. The van der Waals surface area contributed by atoms with Crippen LogP contribution in [0.2, 0.25) is 0 Å². The molecule has 0 aliphatic rings. The summed E-state index contributed by atoms with van der Waals surface area (Å²) in [7, 11) is 0. The molecule has 6 aromatic carbocycles. The van der Waals surface area contributed by atoms with Gasteiger partial charge in [-0.05, 0) is 72.8 Å². The average Bonchev–Trinajstić information content (AvgIpc) is 3.52. The van der Waals surface area contributed by atoms with Crippen LogP contribution in [0.4, 0.5) is 17.1 Å². The minimum absolute atomic E-state index is 1.14. The molecule has 8 aromatic rings. The molecular weight excluding hydrogens is 492 g/mol. The van der Waals surface area contributed by atoms with Crippen LogP contribution in [-0.4, -0.2) is 4.57 Å². The Kier molecular flexibility index (Phi) is 5.04. The van der Waals surface area contributed by atoms with Gasteiger partial charge in [0.1, 0.15) is 0 Å². The van der Waals surface area contributed by atoms with Crippen LogP contribution in [0.25, 0.3) is 47.7 Å². The summed E-state index contributed by atoms with van der Waals surface area (Å²) in [5, 5.41) is 5.17. The molecule has 0 bridgehead atoms. The molecule has 2 aromatic heterocycles. The summed E-state index contributed by atoms with van der Waals surface area (Å²) in [6.45, 7) is 0. The molecule has 184 valence electrons. The minimum Gasteiger partial charge on any atom is -0.310 e. The van der Waals surface area contributed by atoms with Crippen LogP contribution in [0.15, 0.2) is 146 Å². The van der Waals surface area contributed by atoms with E-state index in [0.29, 0.717) is 0 Å². The van der Waals surface area contributed by atoms with Gasteiger partial charge in [-0.3, -0.25) is 0 Å². The summed E-state index contributed by atoms with van der Waals surface area (Å²) in [5.41, 5.74) is 7.04. The third-order valence-corrected chi connectivity index (χ3v) is 8.68. The molecule has 39 heavy (non-hydrogen) atoms. The first-order chi connectivity index (χ1) is 19.3. The van der Waals surface area contributed by atoms with Crippen molar-refractivity contribution >= 4 is 70.4 Å². The Labute approximate surface area is 230 Å². The van der Waals surface area contributed by atoms with Gasteiger partial charge in [0.05, 0.1) is 11.0 Å². The maximum Gasteiger partial charge on any atom is 0.0555 e. The summed E-state index contributed by atoms with van der Waals surface area (Å²) in [5.74, 6) is 0. The molecule has 0 N–H and O–H groups in total. The Morgan fingerprint density at radius 3 is 1.74 bits per heavy atom. The van der Waals surface area contributed by atoms with Crippen LogP contribution in [0.1, 0.15) is 0 Å². The van der Waals surface area contributed by atoms with E-state index < -0.39 is 0 Å². The predicted octanol–water partition coefficient (Wildman–Crippen LogP) is 10.6. The van der Waals surface area contributed by atoms with Gasteiger partial charge in [0, 0.05) is 53.7 Å². The largest absolute Gasteiger partial charge is 0.310 e. The number of benzene rings is 6. The fourth-order valence-corrected chi connectivity index (χ4v) is 6.94. The summed E-state index contributed by atoms with van der Waals surface area (Å²) >= 11 is 1.87. The highest BCUT2D eigenvalue weighted by molar-refractivity contribution is 7.25. The molecule has 0 aliphatic heterocycles. The highest BCUT2D eigenvalue weighted by Gasteiger charge is 2.18. The maximum absolute atomic E-state index is 2.41. The van der Waals surface area contributed by atoms with Crippen LogP contribution < -0.4 is 4.90 Å².